The van der Waals surface area contributed by atoms with Gasteiger partial charge in [-0.1, -0.05) is 63.5 Å². The van der Waals surface area contributed by atoms with Gasteiger partial charge in [-0.25, -0.2) is 14.7 Å². The van der Waals surface area contributed by atoms with Crippen LogP contribution < -0.4 is 17.0 Å². The number of primary amides is 1. The number of allylic oxidation sites excluding steroid dienone is 1. The summed E-state index contributed by atoms with van der Waals surface area (Å²) in [5.74, 6) is 7.04. The number of para-hydroxylation sites is 1. The molecule has 0 aliphatic carbocycles. The Hall–Kier alpha value is -5.76. The fourth-order valence-electron chi connectivity index (χ4n) is 4.65. The second-order valence-corrected chi connectivity index (χ2v) is 10.5. The van der Waals surface area contributed by atoms with Crippen molar-refractivity contribution in [2.24, 2.45) is 30.7 Å². The second kappa shape index (κ2) is 13.7. The zero-order valence-electron chi connectivity index (χ0n) is 26.4. The van der Waals surface area contributed by atoms with E-state index in [0.29, 0.717) is 28.7 Å². The monoisotopic (exact) mass is 603 g/mol. The number of fused-ring (bicyclic) bond motifs is 1. The first kappa shape index (κ1) is 32.2. The van der Waals surface area contributed by atoms with Crippen LogP contribution in [-0.4, -0.2) is 40.7 Å². The van der Waals surface area contributed by atoms with Gasteiger partial charge in [0.05, 0.1) is 34.0 Å². The fourth-order valence-corrected chi connectivity index (χ4v) is 4.65. The molecule has 0 atom stereocenters. The lowest BCUT2D eigenvalue weighted by molar-refractivity contribution is 0.100. The lowest BCUT2D eigenvalue weighted by atomic mass is 10.1. The molecule has 0 radical (unpaired) electrons. The first-order chi connectivity index (χ1) is 21.5. The highest BCUT2D eigenvalue weighted by atomic mass is 16.1. The second-order valence-electron chi connectivity index (χ2n) is 10.5. The molecule has 45 heavy (non-hydrogen) atoms. The molecule has 0 aliphatic rings. The largest absolute Gasteiger partial charge is 0.381 e. The summed E-state index contributed by atoms with van der Waals surface area (Å²) in [6.45, 7) is 11.6. The Labute approximate surface area is 261 Å². The van der Waals surface area contributed by atoms with Gasteiger partial charge in [-0.05, 0) is 43.2 Å². The van der Waals surface area contributed by atoms with Crippen molar-refractivity contribution >= 4 is 34.2 Å². The fraction of sp³-hybridized carbons (Fsp3) is 0.235. The van der Waals surface area contributed by atoms with Crippen molar-refractivity contribution in [1.29, 1.82) is 0 Å². The summed E-state index contributed by atoms with van der Waals surface area (Å²) in [7, 11) is 3.54. The lowest BCUT2D eigenvalue weighted by Crippen LogP contribution is -2.24. The smallest absolute Gasteiger partial charge is 0.267 e. The number of rotatable bonds is 6. The maximum Gasteiger partial charge on any atom is 0.267 e. The SMILES string of the molecule is C=C/C(=N\c1c(C(N)=O)c(N)nn1C)C(C)C.CCc1nc2cccc(C#Cc3cnn(C)c3C)c2c(=O)n1-c1ccccc1. The van der Waals surface area contributed by atoms with Gasteiger partial charge in [0.2, 0.25) is 0 Å². The van der Waals surface area contributed by atoms with Crippen molar-refractivity contribution in [3.8, 4) is 17.5 Å². The van der Waals surface area contributed by atoms with Gasteiger partial charge < -0.3 is 11.5 Å². The zero-order chi connectivity index (χ0) is 32.8. The highest BCUT2D eigenvalue weighted by Crippen LogP contribution is 2.24. The van der Waals surface area contributed by atoms with Crippen molar-refractivity contribution < 1.29 is 4.79 Å². The van der Waals surface area contributed by atoms with Crippen LogP contribution in [0.15, 0.2) is 77.2 Å². The van der Waals surface area contributed by atoms with E-state index in [1.165, 1.54) is 4.68 Å². The summed E-state index contributed by atoms with van der Waals surface area (Å²) in [5, 5.41) is 8.69. The molecule has 230 valence electrons. The van der Waals surface area contributed by atoms with Crippen LogP contribution in [0.3, 0.4) is 0 Å². The number of carbonyl (C=O) groups is 1. The van der Waals surface area contributed by atoms with Crippen molar-refractivity contribution in [1.82, 2.24) is 29.1 Å². The summed E-state index contributed by atoms with van der Waals surface area (Å²) >= 11 is 0. The number of benzene rings is 2. The van der Waals surface area contributed by atoms with E-state index in [0.717, 1.165) is 28.5 Å². The van der Waals surface area contributed by atoms with E-state index in [-0.39, 0.29) is 22.9 Å². The minimum atomic E-state index is -0.637. The molecule has 3 heterocycles. The molecule has 1 amide bonds. The molecule has 0 fully saturated rings. The Kier molecular flexibility index (Phi) is 9.78. The van der Waals surface area contributed by atoms with Gasteiger partial charge >= 0.3 is 0 Å². The van der Waals surface area contributed by atoms with Gasteiger partial charge in [0.15, 0.2) is 11.6 Å². The van der Waals surface area contributed by atoms with Gasteiger partial charge in [-0.2, -0.15) is 10.2 Å². The number of amides is 1. The first-order valence-electron chi connectivity index (χ1n) is 14.4. The molecule has 5 aromatic rings. The van der Waals surface area contributed by atoms with Crippen LogP contribution in [0.2, 0.25) is 0 Å². The molecule has 0 aliphatic heterocycles. The standard InChI is InChI=1S/C23H20N4O.C11H17N5O/c1-4-21-25-20-12-8-9-17(13-14-18-15-24-26(3)16(18)2)22(20)23(28)27(21)19-10-6-5-7-11-19;1-5-7(6(2)3)14-11-8(10(13)17)9(12)15-16(11)4/h5-12,15H,4H2,1-3H3;5-6H,1H2,2-4H3,(H2,12,15)(H2,13,17)/b;14-7+. The molecule has 0 saturated carbocycles. The zero-order valence-corrected chi connectivity index (χ0v) is 26.4. The van der Waals surface area contributed by atoms with Crippen LogP contribution in [0, 0.1) is 24.7 Å². The Morgan fingerprint density at radius 2 is 1.76 bits per heavy atom. The Balaban J connectivity index is 0.000000233. The van der Waals surface area contributed by atoms with Crippen LogP contribution in [-0.2, 0) is 20.5 Å². The van der Waals surface area contributed by atoms with Crippen LogP contribution in [0.25, 0.3) is 16.6 Å². The summed E-state index contributed by atoms with van der Waals surface area (Å²) in [4.78, 5) is 33.8. The molecule has 0 unspecified atom stereocenters. The minimum Gasteiger partial charge on any atom is -0.381 e. The van der Waals surface area contributed by atoms with Gasteiger partial charge in [-0.3, -0.25) is 18.8 Å². The van der Waals surface area contributed by atoms with Crippen LogP contribution in [0.4, 0.5) is 11.6 Å². The Bertz CT molecular complexity index is 2040. The molecule has 0 spiro atoms. The first-order valence-corrected chi connectivity index (χ1v) is 14.4. The molecule has 0 saturated heterocycles. The molecular formula is C34H37N9O2. The topological polar surface area (TPSA) is 152 Å². The van der Waals surface area contributed by atoms with Gasteiger partial charge in [0, 0.05) is 31.8 Å². The predicted octanol–water partition coefficient (Wildman–Crippen LogP) is 4.41. The van der Waals surface area contributed by atoms with Gasteiger partial charge in [0.25, 0.3) is 11.5 Å². The van der Waals surface area contributed by atoms with E-state index in [1.807, 2.05) is 83.3 Å². The van der Waals surface area contributed by atoms with E-state index >= 15 is 0 Å². The number of nitrogens with zero attached hydrogens (tertiary/aromatic N) is 7. The third-order valence-corrected chi connectivity index (χ3v) is 7.19. The predicted molar refractivity (Wildman–Crippen MR) is 179 cm³/mol. The summed E-state index contributed by atoms with van der Waals surface area (Å²) in [6.07, 6.45) is 4.03. The van der Waals surface area contributed by atoms with E-state index in [9.17, 15) is 9.59 Å². The van der Waals surface area contributed by atoms with E-state index in [4.69, 9.17) is 16.5 Å². The number of carbonyl (C=O) groups excluding carboxylic acids is 1. The Morgan fingerprint density at radius 1 is 1.07 bits per heavy atom. The molecular weight excluding hydrogens is 566 g/mol. The number of hydrogen-bond donors (Lipinski definition) is 2. The molecule has 11 nitrogen and oxygen atoms in total. The summed E-state index contributed by atoms with van der Waals surface area (Å²) < 4.78 is 4.90. The number of anilines is 1. The molecule has 0 bridgehead atoms. The number of nitrogen functional groups attached to an aromatic ring is 1. The third-order valence-electron chi connectivity index (χ3n) is 7.19. The quantitative estimate of drug-likeness (QED) is 0.217. The van der Waals surface area contributed by atoms with Crippen molar-refractivity contribution in [3.05, 3.63) is 106 Å². The summed E-state index contributed by atoms with van der Waals surface area (Å²) in [5.41, 5.74) is 15.6. The van der Waals surface area contributed by atoms with Gasteiger partial charge in [-0.15, -0.1) is 0 Å². The van der Waals surface area contributed by atoms with Crippen LogP contribution >= 0.6 is 0 Å². The van der Waals surface area contributed by atoms with Gasteiger partial charge in [0.1, 0.15) is 11.4 Å². The number of nitrogens with two attached hydrogens (primary N) is 2. The molecule has 3 aromatic heterocycles. The lowest BCUT2D eigenvalue weighted by Gasteiger charge is -2.13. The normalized spacial score (nSPS) is 11.1. The van der Waals surface area contributed by atoms with Crippen LogP contribution in [0.5, 0.6) is 0 Å². The average molecular weight is 604 g/mol. The van der Waals surface area contributed by atoms with E-state index in [1.54, 1.807) is 28.6 Å². The van der Waals surface area contributed by atoms with Crippen LogP contribution in [0.1, 0.15) is 53.8 Å². The maximum atomic E-state index is 13.5. The van der Waals surface area contributed by atoms with E-state index < -0.39 is 5.91 Å². The van der Waals surface area contributed by atoms with E-state index in [2.05, 4.69) is 33.6 Å². The number of hydrogen-bond acceptors (Lipinski definition) is 7. The van der Waals surface area contributed by atoms with Crippen molar-refractivity contribution in [2.45, 2.75) is 34.1 Å². The number of aryl methyl sites for hydroxylation is 3. The average Bonchev–Trinajstić information content (AvgIpc) is 3.49. The highest BCUT2D eigenvalue weighted by molar-refractivity contribution is 6.04. The maximum absolute atomic E-state index is 13.5. The molecule has 2 aromatic carbocycles. The Morgan fingerprint density at radius 3 is 2.33 bits per heavy atom. The highest BCUT2D eigenvalue weighted by Gasteiger charge is 2.19. The molecule has 5 rings (SSSR count). The van der Waals surface area contributed by atoms with Crippen molar-refractivity contribution in [3.63, 3.8) is 0 Å². The number of aliphatic imine (C=N–C) groups is 1. The third kappa shape index (κ3) is 6.75. The molecule has 4 N–H and O–H groups in total. The van der Waals surface area contributed by atoms with Crippen molar-refractivity contribution in [2.75, 3.05) is 5.73 Å². The number of aromatic nitrogens is 6. The minimum absolute atomic E-state index is 0.0888. The molecule has 11 heteroatoms. The summed E-state index contributed by atoms with van der Waals surface area (Å²) in [6, 6.07) is 15.2.